The maximum atomic E-state index is 13.0. The Morgan fingerprint density at radius 3 is 3.06 bits per heavy atom. The number of fused-ring (bicyclic) bond motifs is 1. The molecule has 16 heavy (non-hydrogen) atoms. The molecule has 84 valence electrons. The monoisotopic (exact) mass is 286 g/mol. The number of nitrogens with one attached hydrogen (secondary N) is 1. The van der Waals surface area contributed by atoms with Gasteiger partial charge in [-0.15, -0.1) is 0 Å². The van der Waals surface area contributed by atoms with Crippen molar-refractivity contribution >= 4 is 32.9 Å². The molecule has 1 N–H and O–H groups in total. The summed E-state index contributed by atoms with van der Waals surface area (Å²) < 4.78 is 18.5. The van der Waals surface area contributed by atoms with E-state index in [4.69, 9.17) is 4.74 Å². The van der Waals surface area contributed by atoms with E-state index in [9.17, 15) is 9.18 Å². The first-order valence-electron chi connectivity index (χ1n) is 4.64. The predicted molar refractivity (Wildman–Crippen MR) is 59.7 cm³/mol. The van der Waals surface area contributed by atoms with Gasteiger partial charge in [0.2, 0.25) is 0 Å². The van der Waals surface area contributed by atoms with Gasteiger partial charge in [-0.25, -0.2) is 9.78 Å². The minimum absolute atomic E-state index is 0.271. The van der Waals surface area contributed by atoms with Crippen molar-refractivity contribution in [1.29, 1.82) is 0 Å². The summed E-state index contributed by atoms with van der Waals surface area (Å²) in [7, 11) is 0. The number of nitrogens with zero attached hydrogens (tertiary/aromatic N) is 1. The van der Waals surface area contributed by atoms with E-state index in [2.05, 4.69) is 25.9 Å². The molecule has 1 heterocycles. The molecule has 0 amide bonds. The number of halogens is 2. The molecule has 0 bridgehead atoms. The van der Waals surface area contributed by atoms with Crippen LogP contribution in [0.2, 0.25) is 0 Å². The van der Waals surface area contributed by atoms with E-state index < -0.39 is 12.0 Å². The zero-order valence-electron chi connectivity index (χ0n) is 8.38. The summed E-state index contributed by atoms with van der Waals surface area (Å²) in [5.41, 5.74) is 0.991. The molecule has 0 aliphatic heterocycles. The van der Waals surface area contributed by atoms with E-state index in [0.717, 1.165) is 0 Å². The maximum Gasteiger partial charge on any atom is 0.340 e. The fourth-order valence-corrected chi connectivity index (χ4v) is 1.83. The van der Waals surface area contributed by atoms with Crippen LogP contribution in [0.3, 0.4) is 0 Å². The van der Waals surface area contributed by atoms with Crippen molar-refractivity contribution in [3.8, 4) is 0 Å². The molecule has 0 saturated carbocycles. The van der Waals surface area contributed by atoms with Crippen LogP contribution in [0.1, 0.15) is 17.3 Å². The van der Waals surface area contributed by atoms with Gasteiger partial charge in [0.05, 0.1) is 17.7 Å². The van der Waals surface area contributed by atoms with E-state index in [1.54, 1.807) is 19.1 Å². The highest BCUT2D eigenvalue weighted by Gasteiger charge is 2.16. The largest absolute Gasteiger partial charge is 0.462 e. The number of benzene rings is 1. The van der Waals surface area contributed by atoms with E-state index in [-0.39, 0.29) is 12.2 Å². The molecular formula is C10H8BrFN2O2. The highest BCUT2D eigenvalue weighted by molar-refractivity contribution is 9.10. The number of ether oxygens (including phenoxy) is 1. The molecule has 0 aliphatic carbocycles. The van der Waals surface area contributed by atoms with E-state index >= 15 is 0 Å². The van der Waals surface area contributed by atoms with E-state index in [0.29, 0.717) is 15.5 Å². The second-order valence-corrected chi connectivity index (χ2v) is 3.92. The molecular weight excluding hydrogens is 279 g/mol. The minimum Gasteiger partial charge on any atom is -0.462 e. The number of carbonyl (C=O) groups excluding carboxylic acids is 1. The van der Waals surface area contributed by atoms with E-state index in [1.807, 2.05) is 0 Å². The van der Waals surface area contributed by atoms with Crippen LogP contribution in [0.25, 0.3) is 11.0 Å². The second kappa shape index (κ2) is 4.21. The van der Waals surface area contributed by atoms with Gasteiger partial charge in [-0.1, -0.05) is 0 Å². The van der Waals surface area contributed by atoms with Gasteiger partial charge in [0, 0.05) is 4.47 Å². The number of rotatable bonds is 2. The topological polar surface area (TPSA) is 55.0 Å². The lowest BCUT2D eigenvalue weighted by molar-refractivity contribution is 0.0528. The van der Waals surface area contributed by atoms with Crippen LogP contribution < -0.4 is 0 Å². The quantitative estimate of drug-likeness (QED) is 0.864. The highest BCUT2D eigenvalue weighted by atomic mass is 79.9. The molecule has 2 rings (SSSR count). The van der Waals surface area contributed by atoms with Gasteiger partial charge in [0.15, 0.2) is 0 Å². The summed E-state index contributed by atoms with van der Waals surface area (Å²) in [5.74, 6) is -0.497. The van der Waals surface area contributed by atoms with Crippen LogP contribution in [0, 0.1) is 6.08 Å². The third-order valence-electron chi connectivity index (χ3n) is 2.06. The summed E-state index contributed by atoms with van der Waals surface area (Å²) >= 11 is 3.23. The smallest absolute Gasteiger partial charge is 0.340 e. The summed E-state index contributed by atoms with van der Waals surface area (Å²) in [5, 5.41) is 0. The number of aromatic amines is 1. The highest BCUT2D eigenvalue weighted by Crippen LogP contribution is 2.25. The Bertz CT molecular complexity index is 553. The van der Waals surface area contributed by atoms with Crippen molar-refractivity contribution in [2.24, 2.45) is 0 Å². The van der Waals surface area contributed by atoms with Crippen LogP contribution in [-0.4, -0.2) is 22.5 Å². The van der Waals surface area contributed by atoms with Crippen LogP contribution in [0.15, 0.2) is 16.6 Å². The Morgan fingerprint density at radius 1 is 1.62 bits per heavy atom. The van der Waals surface area contributed by atoms with Crippen molar-refractivity contribution in [3.63, 3.8) is 0 Å². The molecule has 1 aromatic carbocycles. The zero-order valence-corrected chi connectivity index (χ0v) is 9.97. The van der Waals surface area contributed by atoms with Crippen LogP contribution in [0.5, 0.6) is 0 Å². The number of aromatic nitrogens is 2. The molecule has 6 heteroatoms. The predicted octanol–water partition coefficient (Wildman–Crippen LogP) is 2.64. The fraction of sp³-hybridized carbons (Fsp3) is 0.200. The molecule has 1 aromatic heterocycles. The lowest BCUT2D eigenvalue weighted by atomic mass is 10.2. The summed E-state index contributed by atoms with van der Waals surface area (Å²) in [6, 6.07) is 3.19. The van der Waals surface area contributed by atoms with Gasteiger partial charge in [0.25, 0.3) is 6.08 Å². The molecule has 0 unspecified atom stereocenters. The second-order valence-electron chi connectivity index (χ2n) is 3.07. The average Bonchev–Trinajstić information content (AvgIpc) is 2.61. The zero-order chi connectivity index (χ0) is 11.7. The third kappa shape index (κ3) is 1.80. The Kier molecular flexibility index (Phi) is 2.91. The van der Waals surface area contributed by atoms with Crippen molar-refractivity contribution in [3.05, 3.63) is 28.2 Å². The van der Waals surface area contributed by atoms with Gasteiger partial charge in [-0.2, -0.15) is 4.39 Å². The Balaban J connectivity index is 2.62. The van der Waals surface area contributed by atoms with Gasteiger partial charge >= 0.3 is 5.97 Å². The number of H-pyrrole nitrogens is 1. The Hall–Kier alpha value is -1.43. The van der Waals surface area contributed by atoms with Gasteiger partial charge in [-0.05, 0) is 35.0 Å². The number of carbonyl (C=O) groups is 1. The van der Waals surface area contributed by atoms with Gasteiger partial charge in [-0.3, -0.25) is 0 Å². The number of hydrogen-bond acceptors (Lipinski definition) is 3. The molecule has 0 fully saturated rings. The third-order valence-corrected chi connectivity index (χ3v) is 2.70. The first kappa shape index (κ1) is 11.1. The van der Waals surface area contributed by atoms with Crippen LogP contribution in [-0.2, 0) is 4.74 Å². The first-order valence-corrected chi connectivity index (χ1v) is 5.43. The van der Waals surface area contributed by atoms with Crippen molar-refractivity contribution in [2.45, 2.75) is 6.92 Å². The molecule has 4 nitrogen and oxygen atoms in total. The summed E-state index contributed by atoms with van der Waals surface area (Å²) in [6.45, 7) is 1.98. The fourth-order valence-electron chi connectivity index (χ4n) is 1.41. The summed E-state index contributed by atoms with van der Waals surface area (Å²) in [4.78, 5) is 17.6. The van der Waals surface area contributed by atoms with E-state index in [1.165, 1.54) is 0 Å². The lowest BCUT2D eigenvalue weighted by Gasteiger charge is -2.03. The van der Waals surface area contributed by atoms with Crippen LogP contribution in [0.4, 0.5) is 4.39 Å². The maximum absolute atomic E-state index is 13.0. The van der Waals surface area contributed by atoms with Gasteiger partial charge in [0.1, 0.15) is 5.52 Å². The lowest BCUT2D eigenvalue weighted by Crippen LogP contribution is -2.05. The molecule has 2 aromatic rings. The molecule has 0 atom stereocenters. The molecule has 0 radical (unpaired) electrons. The average molecular weight is 287 g/mol. The standard InChI is InChI=1S/C10H8BrFN2O2/c1-2-16-9(15)5-3-4-6(11)8-7(5)13-10(12)14-8/h3-4H,2H2,1H3,(H,13,14). The number of esters is 1. The number of hydrogen-bond donors (Lipinski definition) is 1. The van der Waals surface area contributed by atoms with Gasteiger partial charge < -0.3 is 9.72 Å². The number of imidazole rings is 1. The van der Waals surface area contributed by atoms with Crippen molar-refractivity contribution in [1.82, 2.24) is 9.97 Å². The van der Waals surface area contributed by atoms with Crippen LogP contribution >= 0.6 is 15.9 Å². The molecule has 0 spiro atoms. The Labute approximate surface area is 98.9 Å². The normalized spacial score (nSPS) is 10.7. The first-order chi connectivity index (χ1) is 7.63. The Morgan fingerprint density at radius 2 is 2.38 bits per heavy atom. The SMILES string of the molecule is CCOC(=O)c1ccc(Br)c2nc(F)[nH]c12. The summed E-state index contributed by atoms with van der Waals surface area (Å²) in [6.07, 6.45) is -0.729. The van der Waals surface area contributed by atoms with Crippen molar-refractivity contribution < 1.29 is 13.9 Å². The van der Waals surface area contributed by atoms with Crippen molar-refractivity contribution in [2.75, 3.05) is 6.61 Å². The minimum atomic E-state index is -0.729. The molecule has 0 saturated heterocycles. The molecule has 0 aliphatic rings.